The van der Waals surface area contributed by atoms with Crippen molar-refractivity contribution < 1.29 is 13.2 Å². The fraction of sp³-hybridized carbons (Fsp3) is 0.316. The van der Waals surface area contributed by atoms with E-state index in [2.05, 4.69) is 29.9 Å². The summed E-state index contributed by atoms with van der Waals surface area (Å²) in [4.78, 5) is 15.0. The van der Waals surface area contributed by atoms with E-state index >= 15 is 0 Å². The number of hydrogen-bond acceptors (Lipinski definition) is 8. The van der Waals surface area contributed by atoms with Gasteiger partial charge < -0.3 is 15.0 Å². The lowest BCUT2D eigenvalue weighted by atomic mass is 10.0. The first-order valence-electron chi connectivity index (χ1n) is 8.92. The van der Waals surface area contributed by atoms with Crippen molar-refractivity contribution in [2.24, 2.45) is 0 Å². The molecule has 0 atom stereocenters. The normalized spacial score (nSPS) is 11.6. The van der Waals surface area contributed by atoms with Crippen LogP contribution >= 0.6 is 0 Å². The third-order valence-corrected chi connectivity index (χ3v) is 4.75. The van der Waals surface area contributed by atoms with Crippen LogP contribution in [0.25, 0.3) is 22.0 Å². The second-order valence-electron chi connectivity index (χ2n) is 6.84. The lowest BCUT2D eigenvalue weighted by Gasteiger charge is -2.13. The molecule has 0 aliphatic carbocycles. The van der Waals surface area contributed by atoms with Crippen LogP contribution in [0, 0.1) is 0 Å². The number of ether oxygens (including phenoxy) is 1. The van der Waals surface area contributed by atoms with E-state index in [1.807, 2.05) is 32.3 Å². The summed E-state index contributed by atoms with van der Waals surface area (Å²) in [5.41, 5.74) is 2.69. The molecule has 0 bridgehead atoms. The molecule has 2 N–H and O–H groups in total. The average molecular weight is 417 g/mol. The zero-order chi connectivity index (χ0) is 21.0. The number of aromatic nitrogens is 3. The third-order valence-electron chi connectivity index (χ3n) is 4.16. The van der Waals surface area contributed by atoms with Crippen molar-refractivity contribution in [1.29, 1.82) is 0 Å². The maximum absolute atomic E-state index is 11.7. The van der Waals surface area contributed by atoms with Gasteiger partial charge in [0.1, 0.15) is 17.8 Å². The van der Waals surface area contributed by atoms with Crippen LogP contribution in [0.4, 0.5) is 11.5 Å². The molecular weight excluding hydrogens is 392 g/mol. The minimum absolute atomic E-state index is 0.203. The summed E-state index contributed by atoms with van der Waals surface area (Å²) in [5, 5.41) is 4.21. The number of rotatable bonds is 8. The van der Waals surface area contributed by atoms with Gasteiger partial charge in [-0.3, -0.25) is 4.72 Å². The van der Waals surface area contributed by atoms with Gasteiger partial charge in [-0.1, -0.05) is 6.07 Å². The highest BCUT2D eigenvalue weighted by Gasteiger charge is 2.13. The Bertz CT molecular complexity index is 1120. The monoisotopic (exact) mass is 416 g/mol. The Hall–Kier alpha value is -2.98. The standard InChI is InChI=1S/C19H24N6O3S/c1-25(2)8-7-20-18-15-9-13(5-6-16(15)22-12-23-18)14-10-17(24-29(4,26)27)19(28-3)21-11-14/h5-6,9-12,24H,7-8H2,1-4H3,(H,20,22,23). The van der Waals surface area contributed by atoms with Crippen LogP contribution in [0.5, 0.6) is 5.88 Å². The van der Waals surface area contributed by atoms with Gasteiger partial charge in [-0.05, 0) is 37.9 Å². The minimum atomic E-state index is -3.47. The average Bonchev–Trinajstić information content (AvgIpc) is 2.66. The predicted octanol–water partition coefficient (Wildman–Crippen LogP) is 2.05. The maximum Gasteiger partial charge on any atom is 0.238 e. The number of nitrogens with zero attached hydrogens (tertiary/aromatic N) is 4. The van der Waals surface area contributed by atoms with Crippen molar-refractivity contribution in [3.05, 3.63) is 36.8 Å². The van der Waals surface area contributed by atoms with Crippen LogP contribution in [0.3, 0.4) is 0 Å². The highest BCUT2D eigenvalue weighted by Crippen LogP contribution is 2.31. The minimum Gasteiger partial charge on any atom is -0.480 e. The Morgan fingerprint density at radius 3 is 2.59 bits per heavy atom. The highest BCUT2D eigenvalue weighted by molar-refractivity contribution is 7.92. The zero-order valence-electron chi connectivity index (χ0n) is 16.8. The molecule has 0 unspecified atom stereocenters. The molecule has 0 fully saturated rings. The Balaban J connectivity index is 2.00. The molecule has 0 aliphatic heterocycles. The van der Waals surface area contributed by atoms with Gasteiger partial charge in [-0.2, -0.15) is 0 Å². The maximum atomic E-state index is 11.7. The highest BCUT2D eigenvalue weighted by atomic mass is 32.2. The number of anilines is 2. The fourth-order valence-electron chi connectivity index (χ4n) is 2.82. The Morgan fingerprint density at radius 2 is 1.90 bits per heavy atom. The quantitative estimate of drug-likeness (QED) is 0.574. The summed E-state index contributed by atoms with van der Waals surface area (Å²) in [6.45, 7) is 1.62. The first-order chi connectivity index (χ1) is 13.8. The number of benzene rings is 1. The molecule has 2 heterocycles. The molecule has 2 aromatic heterocycles. The van der Waals surface area contributed by atoms with E-state index in [0.29, 0.717) is 0 Å². The summed E-state index contributed by atoms with van der Waals surface area (Å²) >= 11 is 0. The van der Waals surface area contributed by atoms with Gasteiger partial charge in [0.15, 0.2) is 0 Å². The SMILES string of the molecule is COc1ncc(-c2ccc3ncnc(NCCN(C)C)c3c2)cc1NS(C)(=O)=O. The molecule has 9 nitrogen and oxygen atoms in total. The van der Waals surface area contributed by atoms with Crippen molar-refractivity contribution >= 4 is 32.4 Å². The Kier molecular flexibility index (Phi) is 6.14. The van der Waals surface area contributed by atoms with Crippen LogP contribution in [-0.2, 0) is 10.0 Å². The summed E-state index contributed by atoms with van der Waals surface area (Å²) < 4.78 is 30.9. The molecule has 0 radical (unpaired) electrons. The Labute approximate surface area is 170 Å². The van der Waals surface area contributed by atoms with Crippen molar-refractivity contribution in [3.63, 3.8) is 0 Å². The van der Waals surface area contributed by atoms with Gasteiger partial charge in [0.25, 0.3) is 0 Å². The van der Waals surface area contributed by atoms with Gasteiger partial charge in [0.2, 0.25) is 15.9 Å². The van der Waals surface area contributed by atoms with Crippen LogP contribution in [0.2, 0.25) is 0 Å². The number of hydrogen-bond donors (Lipinski definition) is 2. The number of methoxy groups -OCH3 is 1. The van der Waals surface area contributed by atoms with Crippen LogP contribution in [-0.4, -0.2) is 68.8 Å². The zero-order valence-corrected chi connectivity index (χ0v) is 17.6. The van der Waals surface area contributed by atoms with E-state index in [0.717, 1.165) is 47.2 Å². The second-order valence-corrected chi connectivity index (χ2v) is 8.59. The van der Waals surface area contributed by atoms with Gasteiger partial charge in [0, 0.05) is 30.2 Å². The van der Waals surface area contributed by atoms with Crippen LogP contribution in [0.15, 0.2) is 36.8 Å². The molecule has 29 heavy (non-hydrogen) atoms. The van der Waals surface area contributed by atoms with E-state index in [9.17, 15) is 8.42 Å². The van der Waals surface area contributed by atoms with Crippen molar-refractivity contribution in [3.8, 4) is 17.0 Å². The summed E-state index contributed by atoms with van der Waals surface area (Å²) in [5.74, 6) is 0.948. The van der Waals surface area contributed by atoms with E-state index in [1.54, 1.807) is 12.3 Å². The lowest BCUT2D eigenvalue weighted by Crippen LogP contribution is -2.21. The van der Waals surface area contributed by atoms with Crippen molar-refractivity contribution in [1.82, 2.24) is 19.9 Å². The molecule has 0 aliphatic rings. The fourth-order valence-corrected chi connectivity index (χ4v) is 3.37. The molecule has 0 spiro atoms. The molecule has 154 valence electrons. The molecule has 0 amide bonds. The molecule has 3 rings (SSSR count). The summed E-state index contributed by atoms with van der Waals surface area (Å²) in [6, 6.07) is 7.46. The topological polar surface area (TPSA) is 109 Å². The smallest absolute Gasteiger partial charge is 0.238 e. The number of likely N-dealkylation sites (N-methyl/N-ethyl adjacent to an activating group) is 1. The van der Waals surface area contributed by atoms with Crippen LogP contribution < -0.4 is 14.8 Å². The third kappa shape index (κ3) is 5.30. The first-order valence-corrected chi connectivity index (χ1v) is 10.8. The van der Waals surface area contributed by atoms with Gasteiger partial charge in [-0.25, -0.2) is 23.4 Å². The van der Waals surface area contributed by atoms with Crippen molar-refractivity contribution in [2.45, 2.75) is 0 Å². The number of sulfonamides is 1. The Morgan fingerprint density at radius 1 is 1.10 bits per heavy atom. The molecule has 0 saturated heterocycles. The van der Waals surface area contributed by atoms with E-state index in [-0.39, 0.29) is 11.6 Å². The van der Waals surface area contributed by atoms with Gasteiger partial charge in [-0.15, -0.1) is 0 Å². The van der Waals surface area contributed by atoms with Crippen LogP contribution in [0.1, 0.15) is 0 Å². The van der Waals surface area contributed by atoms with Gasteiger partial charge in [0.05, 0.1) is 18.9 Å². The molecular formula is C19H24N6O3S. The molecule has 0 saturated carbocycles. The molecule has 3 aromatic rings. The van der Waals surface area contributed by atoms with E-state index in [1.165, 1.54) is 13.4 Å². The number of nitrogens with one attached hydrogen (secondary N) is 2. The second kappa shape index (κ2) is 8.58. The predicted molar refractivity (Wildman–Crippen MR) is 115 cm³/mol. The van der Waals surface area contributed by atoms with E-state index in [4.69, 9.17) is 4.74 Å². The largest absolute Gasteiger partial charge is 0.480 e. The number of fused-ring (bicyclic) bond motifs is 1. The first kappa shape index (κ1) is 20.7. The van der Waals surface area contributed by atoms with E-state index < -0.39 is 10.0 Å². The van der Waals surface area contributed by atoms with Gasteiger partial charge >= 0.3 is 0 Å². The van der Waals surface area contributed by atoms with Crippen molar-refractivity contribution in [2.75, 3.05) is 50.6 Å². The molecule has 10 heteroatoms. The molecule has 1 aromatic carbocycles. The summed E-state index contributed by atoms with van der Waals surface area (Å²) in [7, 11) is 1.99. The summed E-state index contributed by atoms with van der Waals surface area (Å²) in [6.07, 6.45) is 4.25. The lowest BCUT2D eigenvalue weighted by molar-refractivity contribution is 0.400. The number of pyridine rings is 1.